The Labute approximate surface area is 82.6 Å². The molecule has 14 heavy (non-hydrogen) atoms. The lowest BCUT2D eigenvalue weighted by Crippen LogP contribution is -1.95. The number of aromatic nitrogens is 4. The van der Waals surface area contributed by atoms with E-state index in [1.165, 1.54) is 5.56 Å². The van der Waals surface area contributed by atoms with Crippen molar-refractivity contribution < 1.29 is 0 Å². The standard InChI is InChI=1S/C10H11N4/c1-2-3-9-4-6-10(7-5-9)14-8-11-12-13-14/h4-8H,1-3H2. The minimum absolute atomic E-state index is 0.921. The van der Waals surface area contributed by atoms with Crippen molar-refractivity contribution in [1.82, 2.24) is 20.2 Å². The van der Waals surface area contributed by atoms with Crippen molar-refractivity contribution in [3.8, 4) is 5.69 Å². The van der Waals surface area contributed by atoms with Gasteiger partial charge in [0.15, 0.2) is 0 Å². The molecule has 71 valence electrons. The second-order valence-corrected chi connectivity index (χ2v) is 3.02. The van der Waals surface area contributed by atoms with Crippen molar-refractivity contribution in [1.29, 1.82) is 0 Å². The van der Waals surface area contributed by atoms with Crippen molar-refractivity contribution in [2.24, 2.45) is 0 Å². The minimum Gasteiger partial charge on any atom is -0.201 e. The third kappa shape index (κ3) is 1.79. The van der Waals surface area contributed by atoms with Crippen LogP contribution in [-0.4, -0.2) is 20.2 Å². The third-order valence-corrected chi connectivity index (χ3v) is 2.02. The van der Waals surface area contributed by atoms with Gasteiger partial charge in [-0.15, -0.1) is 5.10 Å². The number of aryl methyl sites for hydroxylation is 1. The Balaban J connectivity index is 2.22. The van der Waals surface area contributed by atoms with Gasteiger partial charge in [0, 0.05) is 0 Å². The van der Waals surface area contributed by atoms with E-state index in [4.69, 9.17) is 0 Å². The average molecular weight is 187 g/mol. The van der Waals surface area contributed by atoms with E-state index in [-0.39, 0.29) is 0 Å². The molecule has 1 heterocycles. The molecule has 0 aliphatic rings. The molecular formula is C10H11N4. The lowest BCUT2D eigenvalue weighted by atomic mass is 10.1. The Bertz CT molecular complexity index is 377. The van der Waals surface area contributed by atoms with Crippen LogP contribution in [0.5, 0.6) is 0 Å². The Morgan fingerprint density at radius 2 is 2.00 bits per heavy atom. The molecule has 1 aromatic heterocycles. The Morgan fingerprint density at radius 3 is 2.57 bits per heavy atom. The van der Waals surface area contributed by atoms with Gasteiger partial charge < -0.3 is 0 Å². The molecule has 1 aromatic carbocycles. The summed E-state index contributed by atoms with van der Waals surface area (Å²) in [4.78, 5) is 0. The topological polar surface area (TPSA) is 43.6 Å². The number of nitrogens with zero attached hydrogens (tertiary/aromatic N) is 4. The van der Waals surface area contributed by atoms with Crippen molar-refractivity contribution in [2.75, 3.05) is 0 Å². The first kappa shape index (κ1) is 8.87. The largest absolute Gasteiger partial charge is 0.201 e. The van der Waals surface area contributed by atoms with E-state index in [1.54, 1.807) is 11.0 Å². The highest BCUT2D eigenvalue weighted by Gasteiger charge is 1.97. The maximum Gasteiger partial charge on any atom is 0.143 e. The fraction of sp³-hybridized carbons (Fsp3) is 0.200. The van der Waals surface area contributed by atoms with Crippen molar-refractivity contribution >= 4 is 0 Å². The van der Waals surface area contributed by atoms with Crippen LogP contribution >= 0.6 is 0 Å². The van der Waals surface area contributed by atoms with Crippen molar-refractivity contribution in [3.05, 3.63) is 43.1 Å². The maximum absolute atomic E-state index is 3.82. The number of hydrogen-bond acceptors (Lipinski definition) is 3. The predicted octanol–water partition coefficient (Wildman–Crippen LogP) is 1.43. The second kappa shape index (κ2) is 4.00. The lowest BCUT2D eigenvalue weighted by molar-refractivity contribution is 0.788. The van der Waals surface area contributed by atoms with E-state index in [0.29, 0.717) is 0 Å². The van der Waals surface area contributed by atoms with E-state index in [9.17, 15) is 0 Å². The molecule has 0 saturated carbocycles. The van der Waals surface area contributed by atoms with E-state index >= 15 is 0 Å². The minimum atomic E-state index is 0.921. The predicted molar refractivity (Wildman–Crippen MR) is 52.8 cm³/mol. The van der Waals surface area contributed by atoms with Gasteiger partial charge in [-0.2, -0.15) is 0 Å². The summed E-state index contributed by atoms with van der Waals surface area (Å²) in [6, 6.07) is 8.15. The fourth-order valence-corrected chi connectivity index (χ4v) is 1.30. The van der Waals surface area contributed by atoms with Crippen LogP contribution in [0, 0.1) is 6.92 Å². The molecule has 2 aromatic rings. The molecule has 0 aliphatic carbocycles. The lowest BCUT2D eigenvalue weighted by Gasteiger charge is -2.01. The van der Waals surface area contributed by atoms with Crippen molar-refractivity contribution in [2.45, 2.75) is 12.8 Å². The second-order valence-electron chi connectivity index (χ2n) is 3.02. The Morgan fingerprint density at radius 1 is 1.21 bits per heavy atom. The van der Waals surface area contributed by atoms with Crippen molar-refractivity contribution in [3.63, 3.8) is 0 Å². The highest BCUT2D eigenvalue weighted by atomic mass is 15.5. The normalized spacial score (nSPS) is 10.4. The summed E-state index contributed by atoms with van der Waals surface area (Å²) in [5.74, 6) is 0. The molecular weight excluding hydrogens is 176 g/mol. The molecule has 4 nitrogen and oxygen atoms in total. The zero-order chi connectivity index (χ0) is 9.80. The smallest absolute Gasteiger partial charge is 0.143 e. The summed E-state index contributed by atoms with van der Waals surface area (Å²) >= 11 is 0. The number of benzene rings is 1. The van der Waals surface area contributed by atoms with Gasteiger partial charge in [0.25, 0.3) is 0 Å². The van der Waals surface area contributed by atoms with Gasteiger partial charge in [-0.3, -0.25) is 0 Å². The quantitative estimate of drug-likeness (QED) is 0.730. The van der Waals surface area contributed by atoms with Gasteiger partial charge in [-0.1, -0.05) is 19.1 Å². The van der Waals surface area contributed by atoms with Gasteiger partial charge >= 0.3 is 0 Å². The first-order chi connectivity index (χ1) is 6.90. The van der Waals surface area contributed by atoms with Crippen LogP contribution in [0.2, 0.25) is 0 Å². The molecule has 0 amide bonds. The summed E-state index contributed by atoms with van der Waals surface area (Å²) in [6.07, 6.45) is 3.51. The zero-order valence-electron chi connectivity index (χ0n) is 7.80. The molecule has 0 saturated heterocycles. The molecule has 0 atom stereocenters. The molecule has 0 N–H and O–H groups in total. The Kier molecular flexibility index (Phi) is 2.53. The van der Waals surface area contributed by atoms with Crippen LogP contribution < -0.4 is 0 Å². The van der Waals surface area contributed by atoms with Crippen LogP contribution in [0.3, 0.4) is 0 Å². The summed E-state index contributed by atoms with van der Waals surface area (Å²) in [5, 5.41) is 11.0. The van der Waals surface area contributed by atoms with Gasteiger partial charge in [0.1, 0.15) is 6.33 Å². The molecule has 0 aliphatic heterocycles. The molecule has 4 heteroatoms. The van der Waals surface area contributed by atoms with E-state index < -0.39 is 0 Å². The molecule has 0 spiro atoms. The summed E-state index contributed by atoms with van der Waals surface area (Å²) < 4.78 is 1.63. The highest BCUT2D eigenvalue weighted by Crippen LogP contribution is 2.08. The molecule has 0 unspecified atom stereocenters. The van der Waals surface area contributed by atoms with Crippen LogP contribution in [0.1, 0.15) is 12.0 Å². The number of tetrazole rings is 1. The van der Waals surface area contributed by atoms with Gasteiger partial charge in [-0.25, -0.2) is 4.68 Å². The van der Waals surface area contributed by atoms with E-state index in [2.05, 4.69) is 34.6 Å². The highest BCUT2D eigenvalue weighted by molar-refractivity contribution is 5.33. The summed E-state index contributed by atoms with van der Waals surface area (Å²) in [5.41, 5.74) is 2.26. The molecule has 0 fully saturated rings. The van der Waals surface area contributed by atoms with Crippen LogP contribution in [0.25, 0.3) is 5.69 Å². The third-order valence-electron chi connectivity index (χ3n) is 2.02. The molecule has 2 rings (SSSR count). The molecule has 1 radical (unpaired) electrons. The number of hydrogen-bond donors (Lipinski definition) is 0. The maximum atomic E-state index is 3.82. The average Bonchev–Trinajstić information content (AvgIpc) is 2.72. The zero-order valence-corrected chi connectivity index (χ0v) is 7.80. The summed E-state index contributed by atoms with van der Waals surface area (Å²) in [7, 11) is 0. The van der Waals surface area contributed by atoms with E-state index in [1.807, 2.05) is 12.1 Å². The van der Waals surface area contributed by atoms with Crippen LogP contribution in [-0.2, 0) is 6.42 Å². The van der Waals surface area contributed by atoms with E-state index in [0.717, 1.165) is 18.5 Å². The first-order valence-corrected chi connectivity index (χ1v) is 4.51. The van der Waals surface area contributed by atoms with Crippen LogP contribution in [0.4, 0.5) is 0 Å². The van der Waals surface area contributed by atoms with Gasteiger partial charge in [0.05, 0.1) is 5.69 Å². The first-order valence-electron chi connectivity index (χ1n) is 4.51. The SMILES string of the molecule is [CH2]CCc1ccc(-n2cnnn2)cc1. The Hall–Kier alpha value is -1.71. The van der Waals surface area contributed by atoms with Gasteiger partial charge in [-0.05, 0) is 41.0 Å². The fourth-order valence-electron chi connectivity index (χ4n) is 1.30. The summed E-state index contributed by atoms with van der Waals surface area (Å²) in [6.45, 7) is 3.82. The molecule has 0 bridgehead atoms. The monoisotopic (exact) mass is 187 g/mol. The number of rotatable bonds is 3. The van der Waals surface area contributed by atoms with Crippen LogP contribution in [0.15, 0.2) is 30.6 Å². The van der Waals surface area contributed by atoms with Gasteiger partial charge in [0.2, 0.25) is 0 Å².